The predicted octanol–water partition coefficient (Wildman–Crippen LogP) is 0.512. The Hall–Kier alpha value is -1.47. The van der Waals surface area contributed by atoms with Crippen LogP contribution < -0.4 is 10.5 Å². The Balaban J connectivity index is 2.07. The standard InChI is InChI=1S/C11H13FN2O3S/c12-8-1-3-9(4-2-8)18(16,17)14-10(15)7-11(13)5-6-11/h1-4H,5-7,13H2,(H,14,15). The molecule has 0 atom stereocenters. The van der Waals surface area contributed by atoms with Crippen LogP contribution in [-0.4, -0.2) is 19.9 Å². The largest absolute Gasteiger partial charge is 0.325 e. The molecule has 3 N–H and O–H groups in total. The maximum Gasteiger partial charge on any atom is 0.264 e. The second-order valence-corrected chi connectivity index (χ2v) is 6.20. The minimum absolute atomic E-state index is 0.0204. The van der Waals surface area contributed by atoms with Gasteiger partial charge in [-0.2, -0.15) is 0 Å². The van der Waals surface area contributed by atoms with E-state index in [0.29, 0.717) is 0 Å². The Morgan fingerprint density at radius 1 is 1.33 bits per heavy atom. The molecule has 0 bridgehead atoms. The third-order valence-corrected chi connectivity index (χ3v) is 4.17. The number of halogens is 1. The van der Waals surface area contributed by atoms with Crippen LogP contribution in [0.3, 0.4) is 0 Å². The molecule has 7 heteroatoms. The fourth-order valence-corrected chi connectivity index (χ4v) is 2.50. The fourth-order valence-electron chi connectivity index (χ4n) is 1.52. The highest BCUT2D eigenvalue weighted by Gasteiger charge is 2.40. The Morgan fingerprint density at radius 2 is 1.89 bits per heavy atom. The quantitative estimate of drug-likeness (QED) is 0.836. The van der Waals surface area contributed by atoms with E-state index in [1.807, 2.05) is 4.72 Å². The summed E-state index contributed by atoms with van der Waals surface area (Å²) in [6, 6.07) is 4.23. The molecule has 98 valence electrons. The van der Waals surface area contributed by atoms with Crippen molar-refractivity contribution in [2.75, 3.05) is 0 Å². The van der Waals surface area contributed by atoms with E-state index in [4.69, 9.17) is 5.73 Å². The number of carbonyl (C=O) groups excluding carboxylic acids is 1. The van der Waals surface area contributed by atoms with Crippen molar-refractivity contribution in [1.82, 2.24) is 4.72 Å². The smallest absolute Gasteiger partial charge is 0.264 e. The molecule has 1 aliphatic carbocycles. The lowest BCUT2D eigenvalue weighted by atomic mass is 10.2. The minimum atomic E-state index is -3.94. The first kappa shape index (κ1) is 13.0. The van der Waals surface area contributed by atoms with Crippen molar-refractivity contribution in [3.63, 3.8) is 0 Å². The van der Waals surface area contributed by atoms with E-state index in [2.05, 4.69) is 0 Å². The van der Waals surface area contributed by atoms with Crippen LogP contribution in [0.15, 0.2) is 29.2 Å². The first-order valence-corrected chi connectivity index (χ1v) is 6.89. The lowest BCUT2D eigenvalue weighted by Gasteiger charge is -2.09. The van der Waals surface area contributed by atoms with Gasteiger partial charge in [0.2, 0.25) is 5.91 Å². The molecular weight excluding hydrogens is 259 g/mol. The van der Waals surface area contributed by atoms with Gasteiger partial charge in [-0.05, 0) is 37.1 Å². The summed E-state index contributed by atoms with van der Waals surface area (Å²) in [4.78, 5) is 11.4. The molecule has 0 saturated heterocycles. The summed E-state index contributed by atoms with van der Waals surface area (Å²) in [5.74, 6) is -1.18. The molecule has 5 nitrogen and oxygen atoms in total. The van der Waals surface area contributed by atoms with Crippen LogP contribution in [-0.2, 0) is 14.8 Å². The van der Waals surface area contributed by atoms with Crippen molar-refractivity contribution in [2.24, 2.45) is 5.73 Å². The molecule has 0 radical (unpaired) electrons. The van der Waals surface area contributed by atoms with E-state index >= 15 is 0 Å². The van der Waals surface area contributed by atoms with E-state index in [0.717, 1.165) is 37.1 Å². The van der Waals surface area contributed by atoms with Crippen molar-refractivity contribution < 1.29 is 17.6 Å². The molecule has 0 aliphatic heterocycles. The summed E-state index contributed by atoms with van der Waals surface area (Å²) in [5.41, 5.74) is 5.17. The molecule has 18 heavy (non-hydrogen) atoms. The number of nitrogens with two attached hydrogens (primary N) is 1. The van der Waals surface area contributed by atoms with Gasteiger partial charge in [0.1, 0.15) is 5.82 Å². The van der Waals surface area contributed by atoms with Gasteiger partial charge in [0.15, 0.2) is 0 Å². The lowest BCUT2D eigenvalue weighted by molar-refractivity contribution is -0.119. The molecule has 2 rings (SSSR count). The zero-order valence-electron chi connectivity index (χ0n) is 9.52. The van der Waals surface area contributed by atoms with Gasteiger partial charge in [0.25, 0.3) is 10.0 Å². The highest BCUT2D eigenvalue weighted by atomic mass is 32.2. The second-order valence-electron chi connectivity index (χ2n) is 4.52. The molecule has 1 amide bonds. The zero-order chi connectivity index (χ0) is 13.4. The van der Waals surface area contributed by atoms with Crippen molar-refractivity contribution in [3.05, 3.63) is 30.1 Å². The highest BCUT2D eigenvalue weighted by Crippen LogP contribution is 2.35. The number of amides is 1. The van der Waals surface area contributed by atoms with Crippen molar-refractivity contribution in [1.29, 1.82) is 0 Å². The van der Waals surface area contributed by atoms with Gasteiger partial charge >= 0.3 is 0 Å². The van der Waals surface area contributed by atoms with Crippen LogP contribution in [0.5, 0.6) is 0 Å². The number of hydrogen-bond donors (Lipinski definition) is 2. The first-order chi connectivity index (χ1) is 8.31. The van der Waals surface area contributed by atoms with Crippen LogP contribution in [0.4, 0.5) is 4.39 Å². The molecule has 0 spiro atoms. The second kappa shape index (κ2) is 4.33. The lowest BCUT2D eigenvalue weighted by Crippen LogP contribution is -2.36. The average Bonchev–Trinajstić information content (AvgIpc) is 2.95. The molecular formula is C11H13FN2O3S. The summed E-state index contributed by atoms with van der Waals surface area (Å²) < 4.78 is 38.1. The summed E-state index contributed by atoms with van der Waals surface area (Å²) in [5, 5.41) is 0. The summed E-state index contributed by atoms with van der Waals surface area (Å²) in [6.45, 7) is 0. The molecule has 1 saturated carbocycles. The molecule has 0 heterocycles. The number of carbonyl (C=O) groups is 1. The van der Waals surface area contributed by atoms with Crippen molar-refractivity contribution >= 4 is 15.9 Å². The predicted molar refractivity (Wildman–Crippen MR) is 62.5 cm³/mol. The number of hydrogen-bond acceptors (Lipinski definition) is 4. The molecule has 1 fully saturated rings. The molecule has 1 aromatic carbocycles. The van der Waals surface area contributed by atoms with Crippen LogP contribution in [0.1, 0.15) is 19.3 Å². The Kier molecular flexibility index (Phi) is 3.12. The van der Waals surface area contributed by atoms with E-state index in [1.54, 1.807) is 0 Å². The number of benzene rings is 1. The Bertz CT molecular complexity index is 564. The highest BCUT2D eigenvalue weighted by molar-refractivity contribution is 7.90. The summed E-state index contributed by atoms with van der Waals surface area (Å²) >= 11 is 0. The van der Waals surface area contributed by atoms with Gasteiger partial charge in [-0.25, -0.2) is 17.5 Å². The third-order valence-electron chi connectivity index (χ3n) is 2.78. The Morgan fingerprint density at radius 3 is 2.39 bits per heavy atom. The maximum absolute atomic E-state index is 12.7. The van der Waals surface area contributed by atoms with Gasteiger partial charge < -0.3 is 5.73 Å². The fraction of sp³-hybridized carbons (Fsp3) is 0.364. The molecule has 0 aromatic heterocycles. The zero-order valence-corrected chi connectivity index (χ0v) is 10.3. The normalized spacial score (nSPS) is 17.2. The molecule has 1 aromatic rings. The van der Waals surface area contributed by atoms with Gasteiger partial charge in [-0.15, -0.1) is 0 Å². The monoisotopic (exact) mass is 272 g/mol. The van der Waals surface area contributed by atoms with E-state index in [1.165, 1.54) is 0 Å². The van der Waals surface area contributed by atoms with Crippen LogP contribution in [0.25, 0.3) is 0 Å². The minimum Gasteiger partial charge on any atom is -0.325 e. The van der Waals surface area contributed by atoms with E-state index in [9.17, 15) is 17.6 Å². The summed E-state index contributed by atoms with van der Waals surface area (Å²) in [7, 11) is -3.94. The van der Waals surface area contributed by atoms with Crippen molar-refractivity contribution in [3.8, 4) is 0 Å². The SMILES string of the molecule is NC1(CC(=O)NS(=O)(=O)c2ccc(F)cc2)CC1. The van der Waals surface area contributed by atoms with Crippen molar-refractivity contribution in [2.45, 2.75) is 29.7 Å². The third kappa shape index (κ3) is 3.05. The summed E-state index contributed by atoms with van der Waals surface area (Å²) in [6.07, 6.45) is 1.42. The van der Waals surface area contributed by atoms with E-state index in [-0.39, 0.29) is 11.3 Å². The molecule has 1 aliphatic rings. The number of sulfonamides is 1. The van der Waals surface area contributed by atoms with Gasteiger partial charge in [0.05, 0.1) is 4.90 Å². The van der Waals surface area contributed by atoms with Gasteiger partial charge in [0, 0.05) is 12.0 Å². The number of rotatable bonds is 4. The first-order valence-electron chi connectivity index (χ1n) is 5.41. The van der Waals surface area contributed by atoms with Crippen LogP contribution >= 0.6 is 0 Å². The average molecular weight is 272 g/mol. The van der Waals surface area contributed by atoms with E-state index < -0.39 is 27.3 Å². The maximum atomic E-state index is 12.7. The van der Waals surface area contributed by atoms with Crippen LogP contribution in [0, 0.1) is 5.82 Å². The number of nitrogens with one attached hydrogen (secondary N) is 1. The Labute approximate surface area is 104 Å². The molecule has 0 unspecified atom stereocenters. The van der Waals surface area contributed by atoms with Gasteiger partial charge in [-0.3, -0.25) is 4.79 Å². The van der Waals surface area contributed by atoms with Crippen LogP contribution in [0.2, 0.25) is 0 Å². The topological polar surface area (TPSA) is 89.3 Å². The van der Waals surface area contributed by atoms with Gasteiger partial charge in [-0.1, -0.05) is 0 Å².